The van der Waals surface area contributed by atoms with Gasteiger partial charge in [0.2, 0.25) is 11.6 Å². The number of rotatable bonds is 9. The zero-order valence-corrected chi connectivity index (χ0v) is 18.1. The third kappa shape index (κ3) is 5.13. The van der Waals surface area contributed by atoms with Gasteiger partial charge in [0.1, 0.15) is 6.33 Å². The molecule has 10 heteroatoms. The van der Waals surface area contributed by atoms with Gasteiger partial charge in [0, 0.05) is 17.3 Å². The molecule has 2 aromatic carbocycles. The van der Waals surface area contributed by atoms with E-state index >= 15 is 0 Å². The topological polar surface area (TPSA) is 111 Å². The van der Waals surface area contributed by atoms with Crippen LogP contribution in [0.2, 0.25) is 5.02 Å². The van der Waals surface area contributed by atoms with Crippen LogP contribution in [0.1, 0.15) is 11.1 Å². The van der Waals surface area contributed by atoms with E-state index in [4.69, 9.17) is 21.1 Å². The van der Waals surface area contributed by atoms with Gasteiger partial charge in [-0.15, -0.1) is 0 Å². The summed E-state index contributed by atoms with van der Waals surface area (Å²) in [6.07, 6.45) is 1.87. The molecule has 0 aliphatic carbocycles. The molecule has 0 bridgehead atoms. The summed E-state index contributed by atoms with van der Waals surface area (Å²) in [4.78, 5) is 19.4. The van der Waals surface area contributed by atoms with Crippen molar-refractivity contribution in [3.63, 3.8) is 0 Å². The highest BCUT2D eigenvalue weighted by Crippen LogP contribution is 2.33. The average molecular weight is 444 g/mol. The Morgan fingerprint density at radius 2 is 1.84 bits per heavy atom. The first-order chi connectivity index (χ1) is 14.9. The zero-order valence-electron chi connectivity index (χ0n) is 17.3. The lowest BCUT2D eigenvalue weighted by Gasteiger charge is -2.13. The molecular weight excluding hydrogens is 422 g/mol. The van der Waals surface area contributed by atoms with Gasteiger partial charge in [-0.2, -0.15) is 0 Å². The van der Waals surface area contributed by atoms with Crippen molar-refractivity contribution in [2.45, 2.75) is 13.3 Å². The molecule has 0 aliphatic heterocycles. The van der Waals surface area contributed by atoms with Gasteiger partial charge in [0.15, 0.2) is 11.5 Å². The highest BCUT2D eigenvalue weighted by Gasteiger charge is 2.23. The smallest absolute Gasteiger partial charge is 0.353 e. The maximum atomic E-state index is 11.8. The van der Waals surface area contributed by atoms with E-state index in [1.54, 1.807) is 32.4 Å². The molecule has 0 unspecified atom stereocenters. The second-order valence-electron chi connectivity index (χ2n) is 6.58. The lowest BCUT2D eigenvalue weighted by Crippen LogP contribution is -2.11. The van der Waals surface area contributed by atoms with Crippen LogP contribution in [-0.2, 0) is 6.42 Å². The van der Waals surface area contributed by atoms with Crippen molar-refractivity contribution in [2.75, 3.05) is 31.4 Å². The Morgan fingerprint density at radius 3 is 2.55 bits per heavy atom. The molecule has 3 aromatic rings. The standard InChI is InChI=1S/C21H22ClN5O4/c1-13-15(22)5-4-6-16(13)26-21-19(27(28)29)20(24-12-25-21)23-10-9-14-7-8-17(30-2)18(11-14)31-3/h4-8,11-12H,9-10H2,1-3H3,(H2,23,24,25,26). The van der Waals surface area contributed by atoms with Crippen LogP contribution in [0.25, 0.3) is 0 Å². The van der Waals surface area contributed by atoms with Gasteiger partial charge < -0.3 is 20.1 Å². The molecule has 0 aliphatic rings. The summed E-state index contributed by atoms with van der Waals surface area (Å²) in [5.41, 5.74) is 2.13. The van der Waals surface area contributed by atoms with E-state index in [9.17, 15) is 10.1 Å². The Balaban J connectivity index is 1.78. The van der Waals surface area contributed by atoms with Gasteiger partial charge in [0.05, 0.1) is 19.1 Å². The maximum Gasteiger partial charge on any atom is 0.353 e. The van der Waals surface area contributed by atoms with E-state index in [0.29, 0.717) is 35.2 Å². The Labute approximate surface area is 184 Å². The van der Waals surface area contributed by atoms with E-state index in [0.717, 1.165) is 11.1 Å². The summed E-state index contributed by atoms with van der Waals surface area (Å²) in [5.74, 6) is 1.47. The molecule has 162 valence electrons. The number of halogens is 1. The number of nitrogens with zero attached hydrogens (tertiary/aromatic N) is 3. The first-order valence-electron chi connectivity index (χ1n) is 9.41. The highest BCUT2D eigenvalue weighted by atomic mass is 35.5. The van der Waals surface area contributed by atoms with Crippen molar-refractivity contribution in [3.8, 4) is 11.5 Å². The number of hydrogen-bond donors (Lipinski definition) is 2. The van der Waals surface area contributed by atoms with Gasteiger partial charge in [-0.25, -0.2) is 9.97 Å². The number of benzene rings is 2. The van der Waals surface area contributed by atoms with Gasteiger partial charge in [-0.3, -0.25) is 10.1 Å². The minimum atomic E-state index is -0.513. The molecular formula is C21H22ClN5O4. The predicted molar refractivity (Wildman–Crippen MR) is 120 cm³/mol. The molecule has 2 N–H and O–H groups in total. The average Bonchev–Trinajstić information content (AvgIpc) is 2.76. The molecule has 0 fully saturated rings. The van der Waals surface area contributed by atoms with Gasteiger partial charge in [0.25, 0.3) is 0 Å². The molecule has 0 saturated heterocycles. The molecule has 0 atom stereocenters. The largest absolute Gasteiger partial charge is 0.493 e. The van der Waals surface area contributed by atoms with Gasteiger partial charge >= 0.3 is 5.69 Å². The third-order valence-corrected chi connectivity index (χ3v) is 5.09. The quantitative estimate of drug-likeness (QED) is 0.359. The predicted octanol–water partition coefficient (Wildman–Crippen LogP) is 4.76. The van der Waals surface area contributed by atoms with E-state index in [-0.39, 0.29) is 17.3 Å². The van der Waals surface area contributed by atoms with Crippen LogP contribution >= 0.6 is 11.6 Å². The van der Waals surface area contributed by atoms with E-state index in [2.05, 4.69) is 20.6 Å². The van der Waals surface area contributed by atoms with Crippen LogP contribution in [0, 0.1) is 17.0 Å². The number of ether oxygens (including phenoxy) is 2. The summed E-state index contributed by atoms with van der Waals surface area (Å²) < 4.78 is 10.5. The Hall–Kier alpha value is -3.59. The van der Waals surface area contributed by atoms with E-state index in [1.807, 2.05) is 25.1 Å². The number of nitrogens with one attached hydrogen (secondary N) is 2. The first-order valence-corrected chi connectivity index (χ1v) is 9.78. The second kappa shape index (κ2) is 9.94. The van der Waals surface area contributed by atoms with Crippen molar-refractivity contribution in [3.05, 3.63) is 69.0 Å². The number of nitro groups is 1. The minimum Gasteiger partial charge on any atom is -0.493 e. The second-order valence-corrected chi connectivity index (χ2v) is 6.99. The fraction of sp³-hybridized carbons (Fsp3) is 0.238. The van der Waals surface area contributed by atoms with E-state index in [1.165, 1.54) is 6.33 Å². The van der Waals surface area contributed by atoms with Crippen molar-refractivity contribution < 1.29 is 14.4 Å². The van der Waals surface area contributed by atoms with Crippen molar-refractivity contribution >= 4 is 34.6 Å². The maximum absolute atomic E-state index is 11.8. The molecule has 0 amide bonds. The van der Waals surface area contributed by atoms with Gasteiger partial charge in [-0.05, 0) is 48.7 Å². The van der Waals surface area contributed by atoms with Crippen molar-refractivity contribution in [2.24, 2.45) is 0 Å². The van der Waals surface area contributed by atoms with Crippen molar-refractivity contribution in [1.82, 2.24) is 9.97 Å². The summed E-state index contributed by atoms with van der Waals surface area (Å²) >= 11 is 6.15. The minimum absolute atomic E-state index is 0.0824. The molecule has 0 spiro atoms. The normalized spacial score (nSPS) is 10.5. The number of methoxy groups -OCH3 is 2. The molecule has 1 aromatic heterocycles. The Morgan fingerprint density at radius 1 is 1.10 bits per heavy atom. The molecule has 0 radical (unpaired) electrons. The Kier molecular flexibility index (Phi) is 7.09. The van der Waals surface area contributed by atoms with Crippen LogP contribution in [-0.4, -0.2) is 35.7 Å². The first kappa shape index (κ1) is 22.1. The van der Waals surface area contributed by atoms with Crippen LogP contribution in [0.15, 0.2) is 42.7 Å². The fourth-order valence-corrected chi connectivity index (χ4v) is 3.18. The van der Waals surface area contributed by atoms with Crippen LogP contribution in [0.3, 0.4) is 0 Å². The van der Waals surface area contributed by atoms with Crippen molar-refractivity contribution in [1.29, 1.82) is 0 Å². The van der Waals surface area contributed by atoms with Crippen LogP contribution in [0.5, 0.6) is 11.5 Å². The summed E-state index contributed by atoms with van der Waals surface area (Å²) in [6, 6.07) is 10.9. The molecule has 31 heavy (non-hydrogen) atoms. The number of anilines is 3. The zero-order chi connectivity index (χ0) is 22.4. The Bertz CT molecular complexity index is 1090. The lowest BCUT2D eigenvalue weighted by molar-refractivity contribution is -0.383. The van der Waals surface area contributed by atoms with Gasteiger partial charge in [-0.1, -0.05) is 23.7 Å². The lowest BCUT2D eigenvalue weighted by atomic mass is 10.1. The number of aromatic nitrogens is 2. The molecule has 9 nitrogen and oxygen atoms in total. The highest BCUT2D eigenvalue weighted by molar-refractivity contribution is 6.31. The summed E-state index contributed by atoms with van der Waals surface area (Å²) in [7, 11) is 3.14. The third-order valence-electron chi connectivity index (χ3n) is 4.68. The fourth-order valence-electron chi connectivity index (χ4n) is 3.00. The van der Waals surface area contributed by atoms with Crippen LogP contribution < -0.4 is 20.1 Å². The summed E-state index contributed by atoms with van der Waals surface area (Å²) in [5, 5.41) is 18.3. The monoisotopic (exact) mass is 443 g/mol. The van der Waals surface area contributed by atoms with E-state index < -0.39 is 4.92 Å². The number of hydrogen-bond acceptors (Lipinski definition) is 8. The molecule has 1 heterocycles. The molecule has 3 rings (SSSR count). The summed E-state index contributed by atoms with van der Waals surface area (Å²) in [6.45, 7) is 2.24. The SMILES string of the molecule is COc1ccc(CCNc2ncnc(Nc3cccc(Cl)c3C)c2[N+](=O)[O-])cc1OC. The van der Waals surface area contributed by atoms with Crippen LogP contribution in [0.4, 0.5) is 23.0 Å². The molecule has 0 saturated carbocycles.